The summed E-state index contributed by atoms with van der Waals surface area (Å²) in [7, 11) is -4.02. The van der Waals surface area contributed by atoms with Crippen molar-refractivity contribution in [1.82, 2.24) is 5.32 Å². The fraction of sp³-hybridized carbons (Fsp3) is 0.263. The van der Waals surface area contributed by atoms with Gasteiger partial charge in [-0.15, -0.1) is 0 Å². The standard InChI is InChI=1S/C19H22N2O5S/c1-10-5-6-14(7-11(10)2)17(19(23)24)21-18(22)15-8-12(3)13(4)16(9-15)27(20,25)26/h5-9,17H,1-4H3,(H,21,22)(H,23,24)(H2,20,25,26). The summed E-state index contributed by atoms with van der Waals surface area (Å²) in [6, 6.07) is 6.51. The molecule has 0 aromatic heterocycles. The molecule has 0 radical (unpaired) electrons. The van der Waals surface area contributed by atoms with E-state index >= 15 is 0 Å². The minimum absolute atomic E-state index is 0.0252. The number of aryl methyl sites for hydroxylation is 3. The summed E-state index contributed by atoms with van der Waals surface area (Å²) < 4.78 is 23.5. The number of nitrogens with two attached hydrogens (primary N) is 1. The number of carbonyl (C=O) groups is 2. The van der Waals surface area contributed by atoms with Gasteiger partial charge >= 0.3 is 5.97 Å². The van der Waals surface area contributed by atoms with Gasteiger partial charge in [0.15, 0.2) is 6.04 Å². The van der Waals surface area contributed by atoms with Crippen LogP contribution in [0.15, 0.2) is 35.2 Å². The molecule has 0 saturated heterocycles. The van der Waals surface area contributed by atoms with Crippen LogP contribution in [0.2, 0.25) is 0 Å². The molecule has 0 aliphatic rings. The Bertz CT molecular complexity index is 1030. The number of carbonyl (C=O) groups excluding carboxylic acids is 1. The molecule has 0 spiro atoms. The van der Waals surface area contributed by atoms with E-state index in [1.807, 2.05) is 13.8 Å². The van der Waals surface area contributed by atoms with Crippen molar-refractivity contribution in [1.29, 1.82) is 0 Å². The third-order valence-corrected chi connectivity index (χ3v) is 5.61. The first kappa shape index (κ1) is 20.6. The van der Waals surface area contributed by atoms with Crippen molar-refractivity contribution in [2.75, 3.05) is 0 Å². The number of hydrogen-bond donors (Lipinski definition) is 3. The number of aliphatic carboxylic acids is 1. The van der Waals surface area contributed by atoms with Crippen LogP contribution >= 0.6 is 0 Å². The van der Waals surface area contributed by atoms with Gasteiger partial charge in [0, 0.05) is 5.56 Å². The molecule has 1 amide bonds. The Balaban J connectivity index is 2.43. The molecule has 0 saturated carbocycles. The molecule has 27 heavy (non-hydrogen) atoms. The highest BCUT2D eigenvalue weighted by Gasteiger charge is 2.24. The van der Waals surface area contributed by atoms with Crippen molar-refractivity contribution in [2.45, 2.75) is 38.6 Å². The van der Waals surface area contributed by atoms with Gasteiger partial charge in [-0.25, -0.2) is 18.4 Å². The van der Waals surface area contributed by atoms with Crippen molar-refractivity contribution in [3.05, 3.63) is 63.7 Å². The number of nitrogens with one attached hydrogen (secondary N) is 1. The number of carboxylic acid groups (broad SMARTS) is 1. The van der Waals surface area contributed by atoms with E-state index in [9.17, 15) is 23.1 Å². The van der Waals surface area contributed by atoms with Crippen LogP contribution in [0.3, 0.4) is 0 Å². The molecule has 1 atom stereocenters. The van der Waals surface area contributed by atoms with Crippen molar-refractivity contribution in [3.63, 3.8) is 0 Å². The molecular formula is C19H22N2O5S. The molecule has 0 heterocycles. The van der Waals surface area contributed by atoms with Crippen LogP contribution in [-0.2, 0) is 14.8 Å². The average Bonchev–Trinajstić information content (AvgIpc) is 2.56. The van der Waals surface area contributed by atoms with E-state index in [4.69, 9.17) is 5.14 Å². The number of hydrogen-bond acceptors (Lipinski definition) is 4. The van der Waals surface area contributed by atoms with Crippen LogP contribution in [0.4, 0.5) is 0 Å². The average molecular weight is 390 g/mol. The second-order valence-corrected chi connectivity index (χ2v) is 8.08. The number of benzene rings is 2. The normalized spacial score (nSPS) is 12.5. The summed E-state index contributed by atoms with van der Waals surface area (Å²) in [4.78, 5) is 24.1. The molecule has 0 aliphatic carbocycles. The molecule has 0 aliphatic heterocycles. The summed E-state index contributed by atoms with van der Waals surface area (Å²) in [5.41, 5.74) is 3.35. The van der Waals surface area contributed by atoms with E-state index in [0.717, 1.165) is 17.2 Å². The Labute approximate surface area is 158 Å². The maximum Gasteiger partial charge on any atom is 0.330 e. The van der Waals surface area contributed by atoms with Crippen molar-refractivity contribution >= 4 is 21.9 Å². The number of primary sulfonamides is 1. The second-order valence-electron chi connectivity index (χ2n) is 6.55. The van der Waals surface area contributed by atoms with Crippen LogP contribution in [0.1, 0.15) is 44.2 Å². The van der Waals surface area contributed by atoms with E-state index < -0.39 is 27.9 Å². The summed E-state index contributed by atoms with van der Waals surface area (Å²) in [6.07, 6.45) is 0. The Morgan fingerprint density at radius 2 is 1.63 bits per heavy atom. The van der Waals surface area contributed by atoms with E-state index in [-0.39, 0.29) is 10.5 Å². The highest BCUT2D eigenvalue weighted by Crippen LogP contribution is 2.22. The fourth-order valence-corrected chi connectivity index (χ4v) is 3.58. The molecule has 2 aromatic carbocycles. The van der Waals surface area contributed by atoms with Gasteiger partial charge in [-0.1, -0.05) is 18.2 Å². The Morgan fingerprint density at radius 1 is 1.00 bits per heavy atom. The third kappa shape index (κ3) is 4.53. The Hall–Kier alpha value is -2.71. The Kier molecular flexibility index (Phi) is 5.72. The summed E-state index contributed by atoms with van der Waals surface area (Å²) in [6.45, 7) is 6.99. The molecule has 4 N–H and O–H groups in total. The predicted molar refractivity (Wildman–Crippen MR) is 101 cm³/mol. The maximum absolute atomic E-state index is 12.6. The fourth-order valence-electron chi connectivity index (χ4n) is 2.70. The summed E-state index contributed by atoms with van der Waals surface area (Å²) in [5, 5.41) is 17.2. The van der Waals surface area contributed by atoms with Crippen LogP contribution in [0, 0.1) is 27.7 Å². The maximum atomic E-state index is 12.6. The van der Waals surface area contributed by atoms with E-state index in [0.29, 0.717) is 16.7 Å². The SMILES string of the molecule is Cc1ccc(C(NC(=O)c2cc(C)c(C)c(S(N)(=O)=O)c2)C(=O)O)cc1C. The molecule has 0 bridgehead atoms. The van der Waals surface area contributed by atoms with Gasteiger partial charge in [-0.05, 0) is 67.6 Å². The number of carboxylic acids is 1. The molecular weight excluding hydrogens is 368 g/mol. The first-order chi connectivity index (χ1) is 12.4. The molecule has 0 fully saturated rings. The molecule has 144 valence electrons. The van der Waals surface area contributed by atoms with Gasteiger partial charge in [0.05, 0.1) is 4.90 Å². The molecule has 7 nitrogen and oxygen atoms in total. The van der Waals surface area contributed by atoms with E-state index in [2.05, 4.69) is 5.32 Å². The third-order valence-electron chi connectivity index (χ3n) is 4.58. The van der Waals surface area contributed by atoms with E-state index in [1.165, 1.54) is 6.07 Å². The predicted octanol–water partition coefficient (Wildman–Crippen LogP) is 2.12. The number of amides is 1. The smallest absolute Gasteiger partial charge is 0.330 e. The highest BCUT2D eigenvalue weighted by atomic mass is 32.2. The van der Waals surface area contributed by atoms with Gasteiger partial charge in [0.25, 0.3) is 5.91 Å². The lowest BCUT2D eigenvalue weighted by Crippen LogP contribution is -2.34. The van der Waals surface area contributed by atoms with Crippen LogP contribution in [0.5, 0.6) is 0 Å². The van der Waals surface area contributed by atoms with Gasteiger partial charge in [-0.2, -0.15) is 0 Å². The number of sulfonamides is 1. The minimum atomic E-state index is -4.02. The largest absolute Gasteiger partial charge is 0.479 e. The molecule has 2 rings (SSSR count). The van der Waals surface area contributed by atoms with E-state index in [1.54, 1.807) is 32.0 Å². The minimum Gasteiger partial charge on any atom is -0.479 e. The topological polar surface area (TPSA) is 127 Å². The first-order valence-electron chi connectivity index (χ1n) is 8.16. The summed E-state index contributed by atoms with van der Waals surface area (Å²) >= 11 is 0. The Morgan fingerprint density at radius 3 is 2.15 bits per heavy atom. The lowest BCUT2D eigenvalue weighted by Gasteiger charge is -2.17. The van der Waals surface area contributed by atoms with Gasteiger partial charge < -0.3 is 10.4 Å². The van der Waals surface area contributed by atoms with Crippen molar-refractivity contribution < 1.29 is 23.1 Å². The monoisotopic (exact) mass is 390 g/mol. The van der Waals surface area contributed by atoms with Crippen LogP contribution in [-0.4, -0.2) is 25.4 Å². The van der Waals surface area contributed by atoms with Crippen LogP contribution < -0.4 is 10.5 Å². The highest BCUT2D eigenvalue weighted by molar-refractivity contribution is 7.89. The quantitative estimate of drug-likeness (QED) is 0.721. The first-order valence-corrected chi connectivity index (χ1v) is 9.71. The van der Waals surface area contributed by atoms with Gasteiger partial charge in [0.1, 0.15) is 0 Å². The van der Waals surface area contributed by atoms with Gasteiger partial charge in [-0.3, -0.25) is 4.79 Å². The zero-order valence-corrected chi connectivity index (χ0v) is 16.3. The lowest BCUT2D eigenvalue weighted by molar-refractivity contribution is -0.139. The summed E-state index contributed by atoms with van der Waals surface area (Å²) in [5.74, 6) is -1.92. The van der Waals surface area contributed by atoms with Gasteiger partial charge in [0.2, 0.25) is 10.0 Å². The van der Waals surface area contributed by atoms with Crippen LogP contribution in [0.25, 0.3) is 0 Å². The molecule has 8 heteroatoms. The zero-order chi connectivity index (χ0) is 20.5. The molecule has 1 unspecified atom stereocenters. The van der Waals surface area contributed by atoms with Crippen molar-refractivity contribution in [3.8, 4) is 0 Å². The van der Waals surface area contributed by atoms with Crippen molar-refractivity contribution in [2.24, 2.45) is 5.14 Å². The molecule has 2 aromatic rings. The second kappa shape index (κ2) is 7.50. The number of rotatable bonds is 5. The lowest BCUT2D eigenvalue weighted by atomic mass is 10.00. The zero-order valence-electron chi connectivity index (χ0n) is 15.5.